The third kappa shape index (κ3) is 3.14. The Bertz CT molecular complexity index is 676. The van der Waals surface area contributed by atoms with Crippen LogP contribution < -0.4 is 5.32 Å². The molecular weight excluding hydrogens is 294 g/mol. The Labute approximate surface area is 134 Å². The van der Waals surface area contributed by atoms with Crippen molar-refractivity contribution < 1.29 is 9.32 Å². The first-order valence-electron chi connectivity index (χ1n) is 8.16. The summed E-state index contributed by atoms with van der Waals surface area (Å²) in [4.78, 5) is 21.9. The van der Waals surface area contributed by atoms with E-state index in [9.17, 15) is 4.79 Å². The average molecular weight is 315 g/mol. The maximum Gasteiger partial charge on any atom is 0.273 e. The standard InChI is InChI=1S/C16H21N5O2/c1-10-6-21(7-12-5-17-9-18-12)8-14(10)19-16(22)13-4-15(23-20-13)11-2-3-11/h4-5,9-11,14H,2-3,6-8H2,1H3,(H,17,18)(H,19,22)/t10-,14-/m1/s1. The highest BCUT2D eigenvalue weighted by Crippen LogP contribution is 2.40. The lowest BCUT2D eigenvalue weighted by Gasteiger charge is -2.16. The Hall–Kier alpha value is -2.15. The van der Waals surface area contributed by atoms with Gasteiger partial charge in [-0.15, -0.1) is 0 Å². The predicted molar refractivity (Wildman–Crippen MR) is 82.8 cm³/mol. The molecule has 2 aliphatic rings. The molecule has 0 aromatic carbocycles. The zero-order valence-corrected chi connectivity index (χ0v) is 13.2. The van der Waals surface area contributed by atoms with Crippen LogP contribution in [0.4, 0.5) is 0 Å². The molecule has 2 aromatic rings. The number of nitrogens with zero attached hydrogens (tertiary/aromatic N) is 3. The quantitative estimate of drug-likeness (QED) is 0.873. The van der Waals surface area contributed by atoms with E-state index in [4.69, 9.17) is 4.52 Å². The van der Waals surface area contributed by atoms with Gasteiger partial charge < -0.3 is 14.8 Å². The van der Waals surface area contributed by atoms with Crippen LogP contribution >= 0.6 is 0 Å². The van der Waals surface area contributed by atoms with Crippen LogP contribution in [0.1, 0.15) is 47.6 Å². The molecule has 2 N–H and O–H groups in total. The molecule has 0 bridgehead atoms. The lowest BCUT2D eigenvalue weighted by Crippen LogP contribution is -2.40. The van der Waals surface area contributed by atoms with E-state index < -0.39 is 0 Å². The molecule has 1 aliphatic carbocycles. The number of carbonyl (C=O) groups is 1. The maximum atomic E-state index is 12.4. The number of aromatic nitrogens is 3. The predicted octanol–water partition coefficient (Wildman–Crippen LogP) is 1.53. The second kappa shape index (κ2) is 5.81. The molecule has 23 heavy (non-hydrogen) atoms. The van der Waals surface area contributed by atoms with Gasteiger partial charge in [0.1, 0.15) is 5.76 Å². The average Bonchev–Trinajstić information content (AvgIpc) is 2.94. The smallest absolute Gasteiger partial charge is 0.273 e. The molecule has 122 valence electrons. The number of carbonyl (C=O) groups excluding carboxylic acids is 1. The lowest BCUT2D eigenvalue weighted by atomic mass is 10.1. The molecule has 1 saturated carbocycles. The van der Waals surface area contributed by atoms with Gasteiger partial charge in [0.2, 0.25) is 0 Å². The molecule has 4 rings (SSSR count). The van der Waals surface area contributed by atoms with Crippen LogP contribution in [0.25, 0.3) is 0 Å². The van der Waals surface area contributed by atoms with Gasteiger partial charge in [0.15, 0.2) is 5.69 Å². The zero-order valence-electron chi connectivity index (χ0n) is 13.2. The van der Waals surface area contributed by atoms with Crippen molar-refractivity contribution in [2.24, 2.45) is 5.92 Å². The molecule has 0 unspecified atom stereocenters. The monoisotopic (exact) mass is 315 g/mol. The summed E-state index contributed by atoms with van der Waals surface area (Å²) in [5, 5.41) is 7.01. The van der Waals surface area contributed by atoms with Gasteiger partial charge >= 0.3 is 0 Å². The summed E-state index contributed by atoms with van der Waals surface area (Å²) >= 11 is 0. The minimum Gasteiger partial charge on any atom is -0.360 e. The third-order valence-electron chi connectivity index (χ3n) is 4.69. The molecule has 2 aromatic heterocycles. The number of rotatable bonds is 5. The number of amides is 1. The molecule has 1 aliphatic heterocycles. The van der Waals surface area contributed by atoms with Crippen LogP contribution in [0.5, 0.6) is 0 Å². The summed E-state index contributed by atoms with van der Waals surface area (Å²) in [7, 11) is 0. The van der Waals surface area contributed by atoms with E-state index in [0.717, 1.165) is 43.9 Å². The molecule has 7 nitrogen and oxygen atoms in total. The maximum absolute atomic E-state index is 12.4. The number of imidazole rings is 1. The van der Waals surface area contributed by atoms with Crippen LogP contribution in [-0.2, 0) is 6.54 Å². The second-order valence-electron chi connectivity index (χ2n) is 6.70. The van der Waals surface area contributed by atoms with Crippen LogP contribution in [0.15, 0.2) is 23.1 Å². The molecule has 3 heterocycles. The van der Waals surface area contributed by atoms with Gasteiger partial charge in [0, 0.05) is 43.9 Å². The lowest BCUT2D eigenvalue weighted by molar-refractivity contribution is 0.0922. The Kier molecular flexibility index (Phi) is 3.65. The molecule has 0 spiro atoms. The van der Waals surface area contributed by atoms with E-state index in [2.05, 4.69) is 32.3 Å². The largest absolute Gasteiger partial charge is 0.360 e. The van der Waals surface area contributed by atoms with Crippen molar-refractivity contribution in [1.82, 2.24) is 25.3 Å². The topological polar surface area (TPSA) is 87.0 Å². The number of aromatic amines is 1. The van der Waals surface area contributed by atoms with Crippen LogP contribution in [0, 0.1) is 5.92 Å². The number of nitrogens with one attached hydrogen (secondary N) is 2. The summed E-state index contributed by atoms with van der Waals surface area (Å²) in [6, 6.07) is 1.91. The summed E-state index contributed by atoms with van der Waals surface area (Å²) < 4.78 is 5.26. The Balaban J connectivity index is 1.35. The Morgan fingerprint density at radius 3 is 3.09 bits per heavy atom. The summed E-state index contributed by atoms with van der Waals surface area (Å²) in [5.74, 6) is 1.57. The van der Waals surface area contributed by atoms with E-state index >= 15 is 0 Å². The van der Waals surface area contributed by atoms with Gasteiger partial charge in [-0.2, -0.15) is 0 Å². The minimum absolute atomic E-state index is 0.127. The number of likely N-dealkylation sites (tertiary alicyclic amines) is 1. The van der Waals surface area contributed by atoms with Crippen molar-refractivity contribution in [3.63, 3.8) is 0 Å². The van der Waals surface area contributed by atoms with Gasteiger partial charge in [-0.1, -0.05) is 12.1 Å². The van der Waals surface area contributed by atoms with Gasteiger partial charge in [-0.3, -0.25) is 9.69 Å². The van der Waals surface area contributed by atoms with E-state index in [1.165, 1.54) is 0 Å². The molecule has 0 radical (unpaired) electrons. The van der Waals surface area contributed by atoms with E-state index in [0.29, 0.717) is 17.5 Å². The molecule has 2 fully saturated rings. The highest BCUT2D eigenvalue weighted by atomic mass is 16.5. The van der Waals surface area contributed by atoms with E-state index in [-0.39, 0.29) is 11.9 Å². The van der Waals surface area contributed by atoms with Gasteiger partial charge in [0.05, 0.1) is 12.0 Å². The molecule has 7 heteroatoms. The second-order valence-corrected chi connectivity index (χ2v) is 6.70. The summed E-state index contributed by atoms with van der Waals surface area (Å²) in [6.07, 6.45) is 5.87. The van der Waals surface area contributed by atoms with Crippen molar-refractivity contribution >= 4 is 5.91 Å². The van der Waals surface area contributed by atoms with Gasteiger partial charge in [-0.25, -0.2) is 4.98 Å². The first kappa shape index (κ1) is 14.4. The SMILES string of the molecule is C[C@@H]1CN(Cc2c[nH]cn2)C[C@H]1NC(=O)c1cc(C2CC2)on1. The highest BCUT2D eigenvalue weighted by Gasteiger charge is 2.33. The van der Waals surface area contributed by atoms with Crippen molar-refractivity contribution in [3.05, 3.63) is 35.7 Å². The normalized spacial score (nSPS) is 24.9. The van der Waals surface area contributed by atoms with Crippen LogP contribution in [0.3, 0.4) is 0 Å². The fourth-order valence-electron chi connectivity index (χ4n) is 3.19. The molecule has 2 atom stereocenters. The van der Waals surface area contributed by atoms with Crippen molar-refractivity contribution in [3.8, 4) is 0 Å². The van der Waals surface area contributed by atoms with Gasteiger partial charge in [0.25, 0.3) is 5.91 Å². The number of hydrogen-bond acceptors (Lipinski definition) is 5. The highest BCUT2D eigenvalue weighted by molar-refractivity contribution is 5.92. The Morgan fingerprint density at radius 2 is 2.35 bits per heavy atom. The number of H-pyrrole nitrogens is 1. The van der Waals surface area contributed by atoms with Gasteiger partial charge in [-0.05, 0) is 18.8 Å². The van der Waals surface area contributed by atoms with Crippen molar-refractivity contribution in [2.75, 3.05) is 13.1 Å². The summed E-state index contributed by atoms with van der Waals surface area (Å²) in [6.45, 7) is 4.74. The Morgan fingerprint density at radius 1 is 1.48 bits per heavy atom. The zero-order chi connectivity index (χ0) is 15.8. The fraction of sp³-hybridized carbons (Fsp3) is 0.562. The van der Waals surface area contributed by atoms with Crippen LogP contribution in [0.2, 0.25) is 0 Å². The van der Waals surface area contributed by atoms with E-state index in [1.54, 1.807) is 12.4 Å². The minimum atomic E-state index is -0.140. The first-order valence-corrected chi connectivity index (χ1v) is 8.16. The summed E-state index contributed by atoms with van der Waals surface area (Å²) in [5.41, 5.74) is 1.42. The van der Waals surface area contributed by atoms with E-state index in [1.807, 2.05) is 6.20 Å². The van der Waals surface area contributed by atoms with Crippen LogP contribution in [-0.4, -0.2) is 45.1 Å². The fourth-order valence-corrected chi connectivity index (χ4v) is 3.19. The van der Waals surface area contributed by atoms with Crippen molar-refractivity contribution in [2.45, 2.75) is 38.3 Å². The number of hydrogen-bond donors (Lipinski definition) is 2. The molecular formula is C16H21N5O2. The molecule has 1 amide bonds. The third-order valence-corrected chi connectivity index (χ3v) is 4.69. The van der Waals surface area contributed by atoms with Crippen molar-refractivity contribution in [1.29, 1.82) is 0 Å². The first-order chi connectivity index (χ1) is 11.2. The molecule has 1 saturated heterocycles.